The molecule has 0 saturated heterocycles. The third-order valence-electron chi connectivity index (χ3n) is 1.48. The van der Waals surface area contributed by atoms with Crippen molar-refractivity contribution in [3.8, 4) is 12.0 Å². The first kappa shape index (κ1) is 16.2. The van der Waals surface area contributed by atoms with Gasteiger partial charge in [-0.05, 0) is 11.3 Å². The Balaban J connectivity index is 3.57. The fourth-order valence-electron chi connectivity index (χ4n) is 0.730. The van der Waals surface area contributed by atoms with E-state index in [4.69, 9.17) is 9.47 Å². The lowest BCUT2D eigenvalue weighted by Crippen LogP contribution is -2.16. The molecule has 0 aromatic heterocycles. The minimum atomic E-state index is -3.75. The van der Waals surface area contributed by atoms with E-state index in [0.717, 1.165) is 0 Å². The Labute approximate surface area is 102 Å². The van der Waals surface area contributed by atoms with Gasteiger partial charge in [0.15, 0.2) is 6.11 Å². The number of rotatable bonds is 9. The molecule has 0 aliphatic heterocycles. The second kappa shape index (κ2) is 10.4. The lowest BCUT2D eigenvalue weighted by Gasteiger charge is -2.04. The summed E-state index contributed by atoms with van der Waals surface area (Å²) in [6.07, 6.45) is 2.66. The van der Waals surface area contributed by atoms with Gasteiger partial charge in [0.2, 0.25) is 0 Å². The summed E-state index contributed by atoms with van der Waals surface area (Å²) in [5.74, 6) is 2.22. The van der Waals surface area contributed by atoms with E-state index in [-0.39, 0.29) is 12.4 Å². The quantitative estimate of drug-likeness (QED) is 0.265. The number of ether oxygens (including phenoxy) is 2. The lowest BCUT2D eigenvalue weighted by atomic mass is 10.5. The van der Waals surface area contributed by atoms with E-state index in [9.17, 15) is 8.42 Å². The van der Waals surface area contributed by atoms with Crippen LogP contribution in [0, 0.1) is 12.0 Å². The maximum atomic E-state index is 11.2. The zero-order chi connectivity index (χ0) is 13.0. The minimum Gasteiger partial charge on any atom is -0.379 e. The van der Waals surface area contributed by atoms with Crippen molar-refractivity contribution >= 4 is 10.1 Å². The normalized spacial score (nSPS) is 10.7. The molecule has 7 heteroatoms. The van der Waals surface area contributed by atoms with E-state index >= 15 is 0 Å². The molecule has 0 saturated carbocycles. The molecule has 0 heterocycles. The second-order valence-electron chi connectivity index (χ2n) is 2.85. The van der Waals surface area contributed by atoms with Crippen molar-refractivity contribution in [2.75, 3.05) is 32.2 Å². The molecule has 0 aliphatic carbocycles. The molecule has 0 amide bonds. The standard InChI is InChI=1S/C10H18O6S/c1-3-5-6-15-16-17(11,12)10-9-14-8-7-13-4-2/h3-4,7-10H2,1-2H3. The molecule has 0 aromatic carbocycles. The minimum absolute atomic E-state index is 0.0278. The molecule has 0 fully saturated rings. The van der Waals surface area contributed by atoms with Crippen molar-refractivity contribution in [2.45, 2.75) is 20.3 Å². The molecule has 0 unspecified atom stereocenters. The molecule has 0 spiro atoms. The van der Waals surface area contributed by atoms with Crippen LogP contribution in [0.3, 0.4) is 0 Å². The van der Waals surface area contributed by atoms with Crippen LogP contribution in [0.25, 0.3) is 0 Å². The average molecular weight is 266 g/mol. The molecule has 0 N–H and O–H groups in total. The molecule has 0 rings (SSSR count). The Morgan fingerprint density at radius 2 is 1.76 bits per heavy atom. The summed E-state index contributed by atoms with van der Waals surface area (Å²) in [5, 5.41) is 0. The van der Waals surface area contributed by atoms with E-state index in [1.807, 2.05) is 6.92 Å². The summed E-state index contributed by atoms with van der Waals surface area (Å²) >= 11 is 0. The van der Waals surface area contributed by atoms with Crippen LogP contribution >= 0.6 is 0 Å². The third-order valence-corrected chi connectivity index (χ3v) is 2.42. The van der Waals surface area contributed by atoms with Gasteiger partial charge in [0, 0.05) is 13.0 Å². The van der Waals surface area contributed by atoms with Gasteiger partial charge in [0.25, 0.3) is 0 Å². The fraction of sp³-hybridized carbons (Fsp3) is 0.800. The second-order valence-corrected chi connectivity index (χ2v) is 4.51. The predicted molar refractivity (Wildman–Crippen MR) is 61.3 cm³/mol. The first-order valence-electron chi connectivity index (χ1n) is 5.33. The summed E-state index contributed by atoms with van der Waals surface area (Å²) in [7, 11) is -3.75. The van der Waals surface area contributed by atoms with E-state index < -0.39 is 10.1 Å². The van der Waals surface area contributed by atoms with Crippen LogP contribution in [0.5, 0.6) is 0 Å². The fourth-order valence-corrected chi connectivity index (χ4v) is 1.26. The molecule has 0 bridgehead atoms. The largest absolute Gasteiger partial charge is 0.379 e. The third kappa shape index (κ3) is 11.5. The molecule has 0 radical (unpaired) electrons. The van der Waals surface area contributed by atoms with Crippen molar-refractivity contribution < 1.29 is 27.1 Å². The van der Waals surface area contributed by atoms with Gasteiger partial charge in [-0.3, -0.25) is 4.89 Å². The predicted octanol–water partition coefficient (Wildman–Crippen LogP) is 0.688. The van der Waals surface area contributed by atoms with E-state index in [2.05, 4.69) is 21.2 Å². The van der Waals surface area contributed by atoms with Gasteiger partial charge in [0.1, 0.15) is 5.75 Å². The molecular weight excluding hydrogens is 248 g/mol. The van der Waals surface area contributed by atoms with Crippen molar-refractivity contribution in [3.05, 3.63) is 0 Å². The van der Waals surface area contributed by atoms with Crippen molar-refractivity contribution in [1.82, 2.24) is 0 Å². The van der Waals surface area contributed by atoms with E-state index in [0.29, 0.717) is 26.2 Å². The SMILES string of the molecule is CCC#COOS(=O)(=O)CCOCCOCC. The van der Waals surface area contributed by atoms with Crippen LogP contribution in [-0.2, 0) is 28.8 Å². The Morgan fingerprint density at radius 1 is 1.06 bits per heavy atom. The van der Waals surface area contributed by atoms with Crippen molar-refractivity contribution in [1.29, 1.82) is 0 Å². The Bertz CT molecular complexity index is 326. The van der Waals surface area contributed by atoms with Crippen LogP contribution in [0.2, 0.25) is 0 Å². The summed E-state index contributed by atoms with van der Waals surface area (Å²) in [6.45, 7) is 5.09. The molecule has 0 atom stereocenters. The van der Waals surface area contributed by atoms with E-state index in [1.165, 1.54) is 0 Å². The smallest absolute Gasteiger partial charge is 0.306 e. The monoisotopic (exact) mass is 266 g/mol. The van der Waals surface area contributed by atoms with Crippen LogP contribution in [0.15, 0.2) is 0 Å². The maximum Gasteiger partial charge on any atom is 0.306 e. The summed E-state index contributed by atoms with van der Waals surface area (Å²) in [4.78, 5) is 4.21. The highest BCUT2D eigenvalue weighted by molar-refractivity contribution is 7.86. The summed E-state index contributed by atoms with van der Waals surface area (Å²) in [5.41, 5.74) is 0. The molecule has 17 heavy (non-hydrogen) atoms. The van der Waals surface area contributed by atoms with Gasteiger partial charge < -0.3 is 9.47 Å². The molecular formula is C10H18O6S. The lowest BCUT2D eigenvalue weighted by molar-refractivity contribution is -0.127. The van der Waals surface area contributed by atoms with Gasteiger partial charge in [0.05, 0.1) is 19.8 Å². The number of hydrogen-bond donors (Lipinski definition) is 0. The Hall–Kier alpha value is -0.810. The highest BCUT2D eigenvalue weighted by Gasteiger charge is 2.12. The zero-order valence-corrected chi connectivity index (χ0v) is 10.9. The molecule has 6 nitrogen and oxygen atoms in total. The maximum absolute atomic E-state index is 11.2. The summed E-state index contributed by atoms with van der Waals surface area (Å²) in [6, 6.07) is 0. The van der Waals surface area contributed by atoms with Crippen molar-refractivity contribution in [2.24, 2.45) is 0 Å². The molecule has 0 aliphatic rings. The molecule has 0 aromatic rings. The van der Waals surface area contributed by atoms with Gasteiger partial charge in [-0.1, -0.05) is 12.8 Å². The Morgan fingerprint density at radius 3 is 2.41 bits per heavy atom. The van der Waals surface area contributed by atoms with Crippen LogP contribution in [0.1, 0.15) is 20.3 Å². The number of hydrogen-bond acceptors (Lipinski definition) is 6. The Kier molecular flexibility index (Phi) is 9.86. The van der Waals surface area contributed by atoms with Crippen LogP contribution in [-0.4, -0.2) is 40.6 Å². The summed E-state index contributed by atoms with van der Waals surface area (Å²) < 4.78 is 36.5. The average Bonchev–Trinajstić information content (AvgIpc) is 2.29. The molecule has 100 valence electrons. The topological polar surface area (TPSA) is 71.1 Å². The van der Waals surface area contributed by atoms with Gasteiger partial charge in [-0.15, -0.1) is 0 Å². The van der Waals surface area contributed by atoms with Gasteiger partial charge in [-0.2, -0.15) is 8.42 Å². The first-order chi connectivity index (χ1) is 8.12. The van der Waals surface area contributed by atoms with Crippen LogP contribution in [0.4, 0.5) is 0 Å². The first-order valence-corrected chi connectivity index (χ1v) is 6.91. The highest BCUT2D eigenvalue weighted by atomic mass is 32.2. The van der Waals surface area contributed by atoms with E-state index in [1.54, 1.807) is 6.92 Å². The van der Waals surface area contributed by atoms with Gasteiger partial charge in [-0.25, -0.2) is 0 Å². The highest BCUT2D eigenvalue weighted by Crippen LogP contribution is 1.94. The van der Waals surface area contributed by atoms with Crippen LogP contribution < -0.4 is 0 Å². The van der Waals surface area contributed by atoms with Gasteiger partial charge >= 0.3 is 10.1 Å². The zero-order valence-electron chi connectivity index (χ0n) is 10.1. The van der Waals surface area contributed by atoms with Crippen molar-refractivity contribution in [3.63, 3.8) is 0 Å².